The summed E-state index contributed by atoms with van der Waals surface area (Å²) in [6.07, 6.45) is 1.34. The Labute approximate surface area is 163 Å². The number of aryl methyl sites for hydroxylation is 3. The summed E-state index contributed by atoms with van der Waals surface area (Å²) in [5.41, 5.74) is 0.497. The molecule has 0 saturated carbocycles. The fourth-order valence-corrected chi connectivity index (χ4v) is 3.09. The molecule has 0 aliphatic carbocycles. The molecule has 3 aromatic heterocycles. The Hall–Kier alpha value is -3.46. The minimum absolute atomic E-state index is 0.112. The van der Waals surface area contributed by atoms with Gasteiger partial charge in [-0.2, -0.15) is 4.98 Å². The van der Waals surface area contributed by atoms with Crippen LogP contribution in [0.25, 0.3) is 22.5 Å². The molecule has 0 saturated heterocycles. The van der Waals surface area contributed by atoms with Crippen LogP contribution < -0.4 is 10.9 Å². The summed E-state index contributed by atoms with van der Waals surface area (Å²) in [5.74, 6) is 0.323. The molecule has 0 aliphatic rings. The van der Waals surface area contributed by atoms with E-state index in [1.807, 2.05) is 6.07 Å². The van der Waals surface area contributed by atoms with Crippen LogP contribution in [0.1, 0.15) is 16.1 Å². The Morgan fingerprint density at radius 1 is 1.25 bits per heavy atom. The lowest BCUT2D eigenvalue weighted by Crippen LogP contribution is -2.21. The topological polar surface area (TPSA) is 108 Å². The van der Waals surface area contributed by atoms with Crippen LogP contribution in [0.15, 0.2) is 39.8 Å². The van der Waals surface area contributed by atoms with Gasteiger partial charge in [0.15, 0.2) is 5.82 Å². The van der Waals surface area contributed by atoms with E-state index in [2.05, 4.69) is 20.4 Å². The molecule has 0 bridgehead atoms. The molecule has 142 valence electrons. The summed E-state index contributed by atoms with van der Waals surface area (Å²) in [6.45, 7) is 1.60. The molecule has 0 atom stereocenters. The number of anilines is 1. The average molecular weight is 399 g/mol. The zero-order valence-corrected chi connectivity index (χ0v) is 16.0. The Morgan fingerprint density at radius 2 is 2.00 bits per heavy atom. The number of furan rings is 1. The van der Waals surface area contributed by atoms with Gasteiger partial charge in [-0.3, -0.25) is 14.9 Å². The van der Waals surface area contributed by atoms with Gasteiger partial charge in [0.1, 0.15) is 17.5 Å². The molecule has 0 radical (unpaired) electrons. The van der Waals surface area contributed by atoms with Crippen LogP contribution in [0.2, 0.25) is 5.02 Å². The van der Waals surface area contributed by atoms with Crippen molar-refractivity contribution in [3.05, 3.63) is 57.3 Å². The van der Waals surface area contributed by atoms with Gasteiger partial charge in [-0.25, -0.2) is 9.67 Å². The number of nitrogens with one attached hydrogen (secondary N) is 1. The maximum absolute atomic E-state index is 12.9. The molecule has 0 unspecified atom stereocenters. The first-order chi connectivity index (χ1) is 13.4. The first-order valence-electron chi connectivity index (χ1n) is 8.29. The van der Waals surface area contributed by atoms with E-state index in [4.69, 9.17) is 16.0 Å². The summed E-state index contributed by atoms with van der Waals surface area (Å²) in [7, 11) is 3.20. The lowest BCUT2D eigenvalue weighted by atomic mass is 10.2. The van der Waals surface area contributed by atoms with E-state index in [1.165, 1.54) is 15.6 Å². The van der Waals surface area contributed by atoms with Gasteiger partial charge < -0.3 is 8.98 Å². The highest BCUT2D eigenvalue weighted by Gasteiger charge is 2.24. The van der Waals surface area contributed by atoms with Crippen LogP contribution >= 0.6 is 11.6 Å². The van der Waals surface area contributed by atoms with Crippen LogP contribution in [-0.4, -0.2) is 30.2 Å². The van der Waals surface area contributed by atoms with Gasteiger partial charge in [0.2, 0.25) is 11.7 Å². The minimum Gasteiger partial charge on any atom is -0.442 e. The predicted molar refractivity (Wildman–Crippen MR) is 103 cm³/mol. The quantitative estimate of drug-likeness (QED) is 0.568. The Morgan fingerprint density at radius 3 is 2.75 bits per heavy atom. The highest BCUT2D eigenvalue weighted by molar-refractivity contribution is 6.33. The van der Waals surface area contributed by atoms with E-state index in [0.29, 0.717) is 16.4 Å². The third-order valence-electron chi connectivity index (χ3n) is 4.28. The van der Waals surface area contributed by atoms with E-state index < -0.39 is 5.91 Å². The zero-order valence-electron chi connectivity index (χ0n) is 15.2. The first kappa shape index (κ1) is 17.9. The van der Waals surface area contributed by atoms with Crippen LogP contribution in [0.5, 0.6) is 0 Å². The van der Waals surface area contributed by atoms with Crippen LogP contribution in [0.4, 0.5) is 5.95 Å². The Bertz CT molecular complexity index is 1290. The van der Waals surface area contributed by atoms with E-state index >= 15 is 0 Å². The van der Waals surface area contributed by atoms with Gasteiger partial charge in [-0.15, -0.1) is 5.10 Å². The molecular weight excluding hydrogens is 384 g/mol. The number of hydrogen-bond donors (Lipinski definition) is 1. The smallest absolute Gasteiger partial charge is 0.265 e. The molecule has 9 nitrogen and oxygen atoms in total. The number of nitrogens with zero attached hydrogens (tertiary/aromatic N) is 5. The number of carbonyl (C=O) groups is 1. The molecule has 4 aromatic rings. The van der Waals surface area contributed by atoms with Gasteiger partial charge in [-0.05, 0) is 19.1 Å². The molecule has 10 heteroatoms. The number of rotatable bonds is 3. The van der Waals surface area contributed by atoms with Crippen molar-refractivity contribution in [2.45, 2.75) is 6.92 Å². The lowest BCUT2D eigenvalue weighted by molar-refractivity contribution is 0.102. The van der Waals surface area contributed by atoms with Crippen molar-refractivity contribution < 1.29 is 9.21 Å². The molecule has 1 aromatic carbocycles. The van der Waals surface area contributed by atoms with Gasteiger partial charge >= 0.3 is 0 Å². The van der Waals surface area contributed by atoms with Crippen LogP contribution in [-0.2, 0) is 14.1 Å². The van der Waals surface area contributed by atoms with E-state index in [9.17, 15) is 9.59 Å². The van der Waals surface area contributed by atoms with Crippen molar-refractivity contribution in [2.75, 3.05) is 5.32 Å². The summed E-state index contributed by atoms with van der Waals surface area (Å²) in [6, 6.07) is 7.14. The second-order valence-electron chi connectivity index (χ2n) is 6.19. The fourth-order valence-electron chi connectivity index (χ4n) is 2.87. The molecule has 0 spiro atoms. The van der Waals surface area contributed by atoms with Gasteiger partial charge in [0, 0.05) is 19.7 Å². The van der Waals surface area contributed by atoms with Crippen molar-refractivity contribution in [3.8, 4) is 11.4 Å². The van der Waals surface area contributed by atoms with Crippen molar-refractivity contribution in [2.24, 2.45) is 14.1 Å². The normalized spacial score (nSPS) is 11.1. The molecule has 1 amide bonds. The number of aromatic nitrogens is 5. The van der Waals surface area contributed by atoms with E-state index in [0.717, 1.165) is 0 Å². The third kappa shape index (κ3) is 2.85. The maximum atomic E-state index is 12.9. The molecule has 1 N–H and O–H groups in total. The van der Waals surface area contributed by atoms with Crippen molar-refractivity contribution >= 4 is 34.6 Å². The molecule has 4 rings (SSSR count). The van der Waals surface area contributed by atoms with Crippen molar-refractivity contribution in [1.82, 2.24) is 24.3 Å². The summed E-state index contributed by atoms with van der Waals surface area (Å²) in [4.78, 5) is 33.7. The first-order valence-corrected chi connectivity index (χ1v) is 8.66. The van der Waals surface area contributed by atoms with Gasteiger partial charge in [0.25, 0.3) is 11.5 Å². The highest BCUT2D eigenvalue weighted by atomic mass is 35.5. The lowest BCUT2D eigenvalue weighted by Gasteiger charge is -2.03. The van der Waals surface area contributed by atoms with Gasteiger partial charge in [0.05, 0.1) is 10.6 Å². The maximum Gasteiger partial charge on any atom is 0.265 e. The van der Waals surface area contributed by atoms with Crippen LogP contribution in [0.3, 0.4) is 0 Å². The van der Waals surface area contributed by atoms with Crippen LogP contribution in [0, 0.1) is 6.92 Å². The summed E-state index contributed by atoms with van der Waals surface area (Å²) >= 11 is 6.19. The zero-order chi connectivity index (χ0) is 20.0. The van der Waals surface area contributed by atoms with E-state index in [1.54, 1.807) is 39.2 Å². The monoisotopic (exact) mass is 398 g/mol. The number of benzene rings is 1. The summed E-state index contributed by atoms with van der Waals surface area (Å²) < 4.78 is 8.17. The third-order valence-corrected chi connectivity index (χ3v) is 4.61. The molecule has 3 heterocycles. The largest absolute Gasteiger partial charge is 0.442 e. The number of amides is 1. The minimum atomic E-state index is -0.539. The summed E-state index contributed by atoms with van der Waals surface area (Å²) in [5, 5.41) is 7.59. The molecule has 28 heavy (non-hydrogen) atoms. The number of carbonyl (C=O) groups excluding carboxylic acids is 1. The standard InChI is InChI=1S/C18H15ClN6O3/c1-9-12(13-16(28-9)20-8-24(2)17(13)27)15(26)22-18-21-14(23-25(18)3)10-6-4-5-7-11(10)19/h4-8H,1-3H3,(H,21,22,23,26). The SMILES string of the molecule is Cc1oc2ncn(C)c(=O)c2c1C(=O)Nc1nc(-c2ccccc2Cl)nn1C. The predicted octanol–water partition coefficient (Wildman–Crippen LogP) is 2.54. The average Bonchev–Trinajstić information content (AvgIpc) is 3.18. The van der Waals surface area contributed by atoms with Crippen molar-refractivity contribution in [1.29, 1.82) is 0 Å². The van der Waals surface area contributed by atoms with E-state index in [-0.39, 0.29) is 33.9 Å². The molecule has 0 fully saturated rings. The number of hydrogen-bond acceptors (Lipinski definition) is 6. The highest BCUT2D eigenvalue weighted by Crippen LogP contribution is 2.26. The van der Waals surface area contributed by atoms with Crippen molar-refractivity contribution in [3.63, 3.8) is 0 Å². The molecule has 0 aliphatic heterocycles. The molecular formula is C18H15ClN6O3. The Balaban J connectivity index is 1.74. The number of halogens is 1. The number of fused-ring (bicyclic) bond motifs is 1. The Kier molecular flexibility index (Phi) is 4.23. The van der Waals surface area contributed by atoms with Gasteiger partial charge in [-0.1, -0.05) is 23.7 Å². The second kappa shape index (κ2) is 6.61. The fraction of sp³-hybridized carbons (Fsp3) is 0.167. The second-order valence-corrected chi connectivity index (χ2v) is 6.60.